The highest BCUT2D eigenvalue weighted by molar-refractivity contribution is 6.00. The third kappa shape index (κ3) is 2.48. The molecule has 2 aromatic heterocycles. The van der Waals surface area contributed by atoms with Crippen LogP contribution < -0.4 is 5.73 Å². The molecule has 2 N–H and O–H groups in total. The van der Waals surface area contributed by atoms with E-state index in [0.29, 0.717) is 11.2 Å². The number of hydrogen-bond acceptors (Lipinski definition) is 3. The summed E-state index contributed by atoms with van der Waals surface area (Å²) in [7, 11) is 0. The summed E-state index contributed by atoms with van der Waals surface area (Å²) < 4.78 is 0. The van der Waals surface area contributed by atoms with Gasteiger partial charge in [-0.1, -0.05) is 37.3 Å². The van der Waals surface area contributed by atoms with Crippen LogP contribution in [0.15, 0.2) is 48.7 Å². The van der Waals surface area contributed by atoms with E-state index in [1.54, 1.807) is 6.07 Å². The molecule has 0 unspecified atom stereocenters. The molecule has 0 saturated carbocycles. The normalized spacial score (nSPS) is 10.7. The summed E-state index contributed by atoms with van der Waals surface area (Å²) in [5.41, 5.74) is 9.45. The Morgan fingerprint density at radius 2 is 1.95 bits per heavy atom. The summed E-state index contributed by atoms with van der Waals surface area (Å²) >= 11 is 0. The third-order valence-corrected chi connectivity index (χ3v) is 3.45. The molecule has 4 nitrogen and oxygen atoms in total. The Bertz CT molecular complexity index is 813. The molecule has 0 radical (unpaired) electrons. The van der Waals surface area contributed by atoms with Gasteiger partial charge in [-0.2, -0.15) is 0 Å². The maximum Gasteiger partial charge on any atom is 0.250 e. The van der Waals surface area contributed by atoms with Gasteiger partial charge in [0, 0.05) is 17.3 Å². The minimum atomic E-state index is -0.483. The van der Waals surface area contributed by atoms with Crippen molar-refractivity contribution < 1.29 is 4.79 Å². The fraction of sp³-hybridized carbons (Fsp3) is 0.118. The predicted octanol–water partition coefficient (Wildman–Crippen LogP) is 2.96. The van der Waals surface area contributed by atoms with E-state index in [0.717, 1.165) is 28.6 Å². The van der Waals surface area contributed by atoms with Crippen LogP contribution in [0, 0.1) is 0 Å². The molecule has 0 fully saturated rings. The van der Waals surface area contributed by atoms with Crippen LogP contribution in [-0.2, 0) is 6.42 Å². The van der Waals surface area contributed by atoms with E-state index in [4.69, 9.17) is 5.73 Å². The standard InChI is InChI=1S/C17H15N3O/c1-2-13-9-14(11-6-4-3-5-7-11)15-8-12(16(18)21)10-19-17(15)20-13/h3-10H,2H2,1H3,(H2,18,21). The minimum Gasteiger partial charge on any atom is -0.366 e. The van der Waals surface area contributed by atoms with Crippen LogP contribution >= 0.6 is 0 Å². The third-order valence-electron chi connectivity index (χ3n) is 3.45. The zero-order chi connectivity index (χ0) is 14.8. The average Bonchev–Trinajstić information content (AvgIpc) is 2.54. The lowest BCUT2D eigenvalue weighted by Gasteiger charge is -2.09. The van der Waals surface area contributed by atoms with Gasteiger partial charge in [0.2, 0.25) is 5.91 Å². The number of aromatic nitrogens is 2. The highest BCUT2D eigenvalue weighted by Crippen LogP contribution is 2.28. The number of rotatable bonds is 3. The van der Waals surface area contributed by atoms with E-state index in [1.807, 2.05) is 36.4 Å². The summed E-state index contributed by atoms with van der Waals surface area (Å²) in [5, 5.41) is 0.842. The van der Waals surface area contributed by atoms with Crippen molar-refractivity contribution in [2.45, 2.75) is 13.3 Å². The highest BCUT2D eigenvalue weighted by Gasteiger charge is 2.11. The van der Waals surface area contributed by atoms with Crippen molar-refractivity contribution in [2.75, 3.05) is 0 Å². The van der Waals surface area contributed by atoms with Crippen molar-refractivity contribution >= 4 is 16.9 Å². The highest BCUT2D eigenvalue weighted by atomic mass is 16.1. The molecule has 3 rings (SSSR count). The first-order valence-corrected chi connectivity index (χ1v) is 6.84. The number of hydrogen-bond donors (Lipinski definition) is 1. The van der Waals surface area contributed by atoms with Gasteiger partial charge in [-0.25, -0.2) is 9.97 Å². The fourth-order valence-electron chi connectivity index (χ4n) is 2.33. The van der Waals surface area contributed by atoms with Gasteiger partial charge >= 0.3 is 0 Å². The molecule has 0 aliphatic carbocycles. The van der Waals surface area contributed by atoms with Gasteiger partial charge in [-0.3, -0.25) is 4.79 Å². The van der Waals surface area contributed by atoms with E-state index >= 15 is 0 Å². The predicted molar refractivity (Wildman–Crippen MR) is 82.9 cm³/mol. The molecule has 2 heterocycles. The molecular weight excluding hydrogens is 262 g/mol. The molecule has 1 amide bonds. The molecule has 0 aliphatic rings. The number of fused-ring (bicyclic) bond motifs is 1. The maximum absolute atomic E-state index is 11.4. The van der Waals surface area contributed by atoms with Gasteiger partial charge in [-0.15, -0.1) is 0 Å². The van der Waals surface area contributed by atoms with Crippen LogP contribution in [0.5, 0.6) is 0 Å². The number of nitrogens with zero attached hydrogens (tertiary/aromatic N) is 2. The van der Waals surface area contributed by atoms with Gasteiger partial charge in [0.15, 0.2) is 5.65 Å². The van der Waals surface area contributed by atoms with Crippen LogP contribution in [0.2, 0.25) is 0 Å². The molecule has 0 saturated heterocycles. The molecule has 0 spiro atoms. The van der Waals surface area contributed by atoms with Crippen molar-refractivity contribution in [1.82, 2.24) is 9.97 Å². The number of nitrogens with two attached hydrogens (primary N) is 1. The zero-order valence-electron chi connectivity index (χ0n) is 11.7. The second kappa shape index (κ2) is 5.32. The Kier molecular flexibility index (Phi) is 3.36. The summed E-state index contributed by atoms with van der Waals surface area (Å²) in [6.07, 6.45) is 2.31. The number of carbonyl (C=O) groups excluding carboxylic acids is 1. The number of pyridine rings is 2. The molecule has 0 atom stereocenters. The number of amides is 1. The Morgan fingerprint density at radius 1 is 1.19 bits per heavy atom. The number of primary amides is 1. The second-order valence-corrected chi connectivity index (χ2v) is 4.84. The molecule has 0 aliphatic heterocycles. The van der Waals surface area contributed by atoms with Gasteiger partial charge in [0.25, 0.3) is 0 Å². The van der Waals surface area contributed by atoms with E-state index in [9.17, 15) is 4.79 Å². The molecular formula is C17H15N3O. The quantitative estimate of drug-likeness (QED) is 0.800. The lowest BCUT2D eigenvalue weighted by molar-refractivity contribution is 0.1000. The first-order chi connectivity index (χ1) is 10.2. The van der Waals surface area contributed by atoms with E-state index in [2.05, 4.69) is 16.9 Å². The summed E-state index contributed by atoms with van der Waals surface area (Å²) in [6.45, 7) is 2.06. The van der Waals surface area contributed by atoms with Crippen molar-refractivity contribution in [2.24, 2.45) is 5.73 Å². The van der Waals surface area contributed by atoms with Gasteiger partial charge in [-0.05, 0) is 29.7 Å². The first kappa shape index (κ1) is 13.2. The summed E-state index contributed by atoms with van der Waals surface area (Å²) in [5.74, 6) is -0.483. The number of aryl methyl sites for hydroxylation is 1. The van der Waals surface area contributed by atoms with Crippen molar-refractivity contribution in [3.05, 3.63) is 59.9 Å². The topological polar surface area (TPSA) is 68.9 Å². The van der Waals surface area contributed by atoms with Crippen LogP contribution in [0.25, 0.3) is 22.2 Å². The minimum absolute atomic E-state index is 0.394. The Balaban J connectivity index is 2.33. The van der Waals surface area contributed by atoms with Crippen molar-refractivity contribution in [1.29, 1.82) is 0 Å². The van der Waals surface area contributed by atoms with E-state index in [1.165, 1.54) is 6.20 Å². The molecule has 21 heavy (non-hydrogen) atoms. The SMILES string of the molecule is CCc1cc(-c2ccccc2)c2cc(C(N)=O)cnc2n1. The molecule has 104 valence electrons. The molecule has 4 heteroatoms. The Hall–Kier alpha value is -2.75. The van der Waals surface area contributed by atoms with Crippen LogP contribution in [0.3, 0.4) is 0 Å². The van der Waals surface area contributed by atoms with Crippen LogP contribution in [0.1, 0.15) is 23.0 Å². The lowest BCUT2D eigenvalue weighted by Crippen LogP contribution is -2.11. The maximum atomic E-state index is 11.4. The van der Waals surface area contributed by atoms with Gasteiger partial charge < -0.3 is 5.73 Å². The molecule has 3 aromatic rings. The fourth-order valence-corrected chi connectivity index (χ4v) is 2.33. The van der Waals surface area contributed by atoms with E-state index in [-0.39, 0.29) is 0 Å². The zero-order valence-corrected chi connectivity index (χ0v) is 11.7. The van der Waals surface area contributed by atoms with Gasteiger partial charge in [0.05, 0.1) is 5.56 Å². The Labute approximate surface area is 122 Å². The van der Waals surface area contributed by atoms with E-state index < -0.39 is 5.91 Å². The lowest BCUT2D eigenvalue weighted by atomic mass is 10.0. The first-order valence-electron chi connectivity index (χ1n) is 6.84. The molecule has 1 aromatic carbocycles. The monoisotopic (exact) mass is 277 g/mol. The Morgan fingerprint density at radius 3 is 2.62 bits per heavy atom. The van der Waals surface area contributed by atoms with Gasteiger partial charge in [0.1, 0.15) is 0 Å². The van der Waals surface area contributed by atoms with Crippen LogP contribution in [-0.4, -0.2) is 15.9 Å². The number of benzene rings is 1. The van der Waals surface area contributed by atoms with Crippen LogP contribution in [0.4, 0.5) is 0 Å². The largest absolute Gasteiger partial charge is 0.366 e. The summed E-state index contributed by atoms with van der Waals surface area (Å²) in [4.78, 5) is 20.2. The van der Waals surface area contributed by atoms with Crippen molar-refractivity contribution in [3.8, 4) is 11.1 Å². The average molecular weight is 277 g/mol. The second-order valence-electron chi connectivity index (χ2n) is 4.84. The molecule has 0 bridgehead atoms. The smallest absolute Gasteiger partial charge is 0.250 e. The summed E-state index contributed by atoms with van der Waals surface area (Å²) in [6, 6.07) is 13.8. The number of carbonyl (C=O) groups is 1. The van der Waals surface area contributed by atoms with Crippen molar-refractivity contribution in [3.63, 3.8) is 0 Å².